The van der Waals surface area contributed by atoms with E-state index in [1.165, 1.54) is 11.3 Å². The van der Waals surface area contributed by atoms with E-state index in [2.05, 4.69) is 9.88 Å². The fourth-order valence-corrected chi connectivity index (χ4v) is 4.53. The number of hydrogen-bond donors (Lipinski definition) is 2. The molecule has 0 spiro atoms. The first-order valence-corrected chi connectivity index (χ1v) is 11.9. The first-order chi connectivity index (χ1) is 15.7. The van der Waals surface area contributed by atoms with Crippen LogP contribution in [0.1, 0.15) is 33.5 Å². The maximum Gasteiger partial charge on any atom is 0.260 e. The minimum absolute atomic E-state index is 0.0614. The number of H-pyrrole nitrogens is 1. The second-order valence-electron chi connectivity index (χ2n) is 8.47. The third-order valence-corrected chi connectivity index (χ3v) is 6.21. The third kappa shape index (κ3) is 6.11. The quantitative estimate of drug-likeness (QED) is 0.437. The van der Waals surface area contributed by atoms with Gasteiger partial charge in [-0.1, -0.05) is 6.07 Å². The van der Waals surface area contributed by atoms with E-state index < -0.39 is 6.10 Å². The Balaban J connectivity index is 1.86. The highest BCUT2D eigenvalue weighted by molar-refractivity contribution is 7.17. The van der Waals surface area contributed by atoms with Crippen molar-refractivity contribution in [2.45, 2.75) is 52.5 Å². The van der Waals surface area contributed by atoms with Gasteiger partial charge in [-0.15, -0.1) is 11.3 Å². The standard InChI is InChI=1S/C24H33N3O5S/c1-14(2)27(10-17(28)12-32-15(3)4)11-21-25-23(29)22-18(13-33-24(22)26-21)16-7-8-19(30-5)20(9-16)31-6/h7-9,13-15,17,28H,10-12H2,1-6H3,(H,25,26,29). The predicted octanol–water partition coefficient (Wildman–Crippen LogP) is 3.67. The van der Waals surface area contributed by atoms with Gasteiger partial charge in [-0.3, -0.25) is 9.69 Å². The fourth-order valence-electron chi connectivity index (χ4n) is 3.56. The highest BCUT2D eigenvalue weighted by Crippen LogP contribution is 2.36. The van der Waals surface area contributed by atoms with Crippen LogP contribution < -0.4 is 15.0 Å². The molecule has 0 amide bonds. The molecule has 0 bridgehead atoms. The maximum absolute atomic E-state index is 13.1. The van der Waals surface area contributed by atoms with Crippen molar-refractivity contribution in [1.82, 2.24) is 14.9 Å². The minimum atomic E-state index is -0.622. The molecule has 0 radical (unpaired) electrons. The lowest BCUT2D eigenvalue weighted by atomic mass is 10.1. The van der Waals surface area contributed by atoms with E-state index in [4.69, 9.17) is 19.2 Å². The molecule has 180 valence electrons. The van der Waals surface area contributed by atoms with Crippen molar-refractivity contribution >= 4 is 21.6 Å². The van der Waals surface area contributed by atoms with E-state index >= 15 is 0 Å². The minimum Gasteiger partial charge on any atom is -0.493 e. The highest BCUT2D eigenvalue weighted by Gasteiger charge is 2.19. The Morgan fingerprint density at radius 1 is 1.15 bits per heavy atom. The van der Waals surface area contributed by atoms with Gasteiger partial charge in [0, 0.05) is 23.5 Å². The van der Waals surface area contributed by atoms with E-state index in [1.807, 2.05) is 51.3 Å². The summed E-state index contributed by atoms with van der Waals surface area (Å²) in [5.41, 5.74) is 1.47. The number of methoxy groups -OCH3 is 2. The summed E-state index contributed by atoms with van der Waals surface area (Å²) in [6.45, 7) is 9.09. The molecule has 1 aromatic carbocycles. The van der Waals surface area contributed by atoms with E-state index in [0.717, 1.165) is 11.1 Å². The lowest BCUT2D eigenvalue weighted by Gasteiger charge is -2.28. The van der Waals surface area contributed by atoms with Gasteiger partial charge in [0.25, 0.3) is 5.56 Å². The number of aromatic amines is 1. The van der Waals surface area contributed by atoms with Crippen molar-refractivity contribution in [2.75, 3.05) is 27.4 Å². The number of nitrogens with one attached hydrogen (secondary N) is 1. The molecule has 0 fully saturated rings. The third-order valence-electron chi connectivity index (χ3n) is 5.34. The molecule has 9 heteroatoms. The van der Waals surface area contributed by atoms with Crippen LogP contribution in [0.25, 0.3) is 21.3 Å². The van der Waals surface area contributed by atoms with E-state index in [0.29, 0.717) is 40.6 Å². The van der Waals surface area contributed by atoms with Gasteiger partial charge in [0.05, 0.1) is 45.0 Å². The maximum atomic E-state index is 13.1. The topological polar surface area (TPSA) is 96.9 Å². The molecule has 0 aliphatic rings. The number of hydrogen-bond acceptors (Lipinski definition) is 8. The average Bonchev–Trinajstić information content (AvgIpc) is 3.21. The monoisotopic (exact) mass is 475 g/mol. The number of nitrogens with zero attached hydrogens (tertiary/aromatic N) is 2. The zero-order chi connectivity index (χ0) is 24.1. The zero-order valence-electron chi connectivity index (χ0n) is 20.0. The van der Waals surface area contributed by atoms with Crippen molar-refractivity contribution in [3.05, 3.63) is 39.8 Å². The fraction of sp³-hybridized carbons (Fsp3) is 0.500. The number of rotatable bonds is 11. The largest absolute Gasteiger partial charge is 0.493 e. The summed E-state index contributed by atoms with van der Waals surface area (Å²) in [4.78, 5) is 23.4. The Morgan fingerprint density at radius 2 is 1.88 bits per heavy atom. The van der Waals surface area contributed by atoms with Gasteiger partial charge in [-0.2, -0.15) is 0 Å². The van der Waals surface area contributed by atoms with Gasteiger partial charge in [-0.25, -0.2) is 4.98 Å². The van der Waals surface area contributed by atoms with Gasteiger partial charge in [0.1, 0.15) is 10.7 Å². The Morgan fingerprint density at radius 3 is 2.52 bits per heavy atom. The van der Waals surface area contributed by atoms with E-state index in [-0.39, 0.29) is 24.3 Å². The summed E-state index contributed by atoms with van der Waals surface area (Å²) in [5.74, 6) is 1.80. The van der Waals surface area contributed by atoms with Crippen molar-refractivity contribution in [3.8, 4) is 22.6 Å². The van der Waals surface area contributed by atoms with E-state index in [9.17, 15) is 9.90 Å². The molecule has 3 rings (SSSR count). The summed E-state index contributed by atoms with van der Waals surface area (Å²) in [6.07, 6.45) is -0.560. The molecule has 0 aliphatic carbocycles. The highest BCUT2D eigenvalue weighted by atomic mass is 32.1. The van der Waals surface area contributed by atoms with Crippen molar-refractivity contribution < 1.29 is 19.3 Å². The molecule has 1 atom stereocenters. The van der Waals surface area contributed by atoms with Crippen molar-refractivity contribution in [3.63, 3.8) is 0 Å². The first-order valence-electron chi connectivity index (χ1n) is 11.0. The molecule has 2 aromatic heterocycles. The molecule has 1 unspecified atom stereocenters. The van der Waals surface area contributed by atoms with Gasteiger partial charge >= 0.3 is 0 Å². The van der Waals surface area contributed by atoms with Crippen LogP contribution >= 0.6 is 11.3 Å². The van der Waals surface area contributed by atoms with Crippen LogP contribution in [0.4, 0.5) is 0 Å². The van der Waals surface area contributed by atoms with Crippen LogP contribution in [0.5, 0.6) is 11.5 Å². The smallest absolute Gasteiger partial charge is 0.260 e. The molecule has 3 aromatic rings. The lowest BCUT2D eigenvalue weighted by Crippen LogP contribution is -2.39. The predicted molar refractivity (Wildman–Crippen MR) is 131 cm³/mol. The average molecular weight is 476 g/mol. The normalized spacial score (nSPS) is 12.8. The number of fused-ring (bicyclic) bond motifs is 1. The van der Waals surface area contributed by atoms with Crippen molar-refractivity contribution in [1.29, 1.82) is 0 Å². The summed E-state index contributed by atoms with van der Waals surface area (Å²) >= 11 is 1.43. The second-order valence-corrected chi connectivity index (χ2v) is 9.33. The lowest BCUT2D eigenvalue weighted by molar-refractivity contribution is -0.0140. The molecule has 0 aliphatic heterocycles. The van der Waals surface area contributed by atoms with Crippen LogP contribution in [0.2, 0.25) is 0 Å². The second kappa shape index (κ2) is 11.1. The summed E-state index contributed by atoms with van der Waals surface area (Å²) < 4.78 is 16.2. The SMILES string of the molecule is COc1ccc(-c2csc3nc(CN(CC(O)COC(C)C)C(C)C)[nH]c(=O)c23)cc1OC. The molecule has 0 saturated heterocycles. The number of thiophene rings is 1. The molecule has 8 nitrogen and oxygen atoms in total. The Hall–Kier alpha value is -2.46. The summed E-state index contributed by atoms with van der Waals surface area (Å²) in [7, 11) is 3.17. The van der Waals surface area contributed by atoms with Crippen LogP contribution in [0, 0.1) is 0 Å². The van der Waals surface area contributed by atoms with Gasteiger partial charge in [0.15, 0.2) is 11.5 Å². The Labute approximate surface area is 198 Å². The van der Waals surface area contributed by atoms with Gasteiger partial charge in [-0.05, 0) is 45.4 Å². The molecule has 2 N–H and O–H groups in total. The summed E-state index contributed by atoms with van der Waals surface area (Å²) in [5, 5.41) is 12.8. The first kappa shape index (κ1) is 25.2. The Kier molecular flexibility index (Phi) is 8.47. The molecular weight excluding hydrogens is 442 g/mol. The van der Waals surface area contributed by atoms with Gasteiger partial charge in [0.2, 0.25) is 0 Å². The number of ether oxygens (including phenoxy) is 3. The zero-order valence-corrected chi connectivity index (χ0v) is 20.9. The Bertz CT molecular complexity index is 1120. The molecule has 2 heterocycles. The van der Waals surface area contributed by atoms with Gasteiger partial charge < -0.3 is 24.3 Å². The van der Waals surface area contributed by atoms with Crippen LogP contribution in [-0.2, 0) is 11.3 Å². The van der Waals surface area contributed by atoms with Crippen LogP contribution in [0.3, 0.4) is 0 Å². The van der Waals surface area contributed by atoms with E-state index in [1.54, 1.807) is 14.2 Å². The summed E-state index contributed by atoms with van der Waals surface area (Å²) in [6, 6.07) is 5.74. The van der Waals surface area contributed by atoms with Crippen LogP contribution in [-0.4, -0.2) is 65.6 Å². The number of aliphatic hydroxyl groups excluding tert-OH is 1. The number of aromatic nitrogens is 2. The number of benzene rings is 1. The number of aliphatic hydroxyl groups is 1. The van der Waals surface area contributed by atoms with Crippen molar-refractivity contribution in [2.24, 2.45) is 0 Å². The molecule has 33 heavy (non-hydrogen) atoms. The molecular formula is C24H33N3O5S. The van der Waals surface area contributed by atoms with Crippen LogP contribution in [0.15, 0.2) is 28.4 Å². The molecule has 0 saturated carbocycles.